The van der Waals surface area contributed by atoms with Crippen LogP contribution in [0.15, 0.2) is 41.3 Å². The lowest BCUT2D eigenvalue weighted by Gasteiger charge is -2.10. The number of thioether (sulfide) groups is 1. The average Bonchev–Trinajstić information content (AvgIpc) is 2.41. The molecule has 0 aliphatic heterocycles. The van der Waals surface area contributed by atoms with Gasteiger partial charge in [-0.25, -0.2) is 4.39 Å². The molecule has 0 bridgehead atoms. The number of hydrogen-bond donors (Lipinski definition) is 0. The van der Waals surface area contributed by atoms with E-state index in [9.17, 15) is 17.6 Å². The maximum atomic E-state index is 14.0. The molecule has 20 heavy (non-hydrogen) atoms. The van der Waals surface area contributed by atoms with Gasteiger partial charge in [0.1, 0.15) is 5.82 Å². The zero-order valence-corrected chi connectivity index (χ0v) is 11.8. The monoisotopic (exact) mass is 320 g/mol. The summed E-state index contributed by atoms with van der Waals surface area (Å²) in [6, 6.07) is 7.37. The third-order valence-electron chi connectivity index (χ3n) is 2.76. The Hall–Kier alpha value is -1.20. The molecule has 0 amide bonds. The zero-order chi connectivity index (χ0) is 14.9. The smallest absolute Gasteiger partial charge is 0.205 e. The van der Waals surface area contributed by atoms with Crippen LogP contribution in [0.4, 0.5) is 17.6 Å². The number of alkyl halides is 3. The number of benzene rings is 2. The second-order valence-electron chi connectivity index (χ2n) is 4.05. The van der Waals surface area contributed by atoms with Crippen LogP contribution < -0.4 is 0 Å². The molecule has 0 N–H and O–H groups in total. The van der Waals surface area contributed by atoms with E-state index in [-0.39, 0.29) is 10.6 Å². The predicted molar refractivity (Wildman–Crippen MR) is 73.6 cm³/mol. The summed E-state index contributed by atoms with van der Waals surface area (Å²) in [5, 5.41) is -0.0493. The van der Waals surface area contributed by atoms with Gasteiger partial charge >= 0.3 is 6.18 Å². The molecule has 2 aromatic rings. The van der Waals surface area contributed by atoms with Gasteiger partial charge in [0.2, 0.25) is 0 Å². The Morgan fingerprint density at radius 2 is 1.65 bits per heavy atom. The fourth-order valence-corrected chi connectivity index (χ4v) is 2.49. The van der Waals surface area contributed by atoms with E-state index in [2.05, 4.69) is 0 Å². The van der Waals surface area contributed by atoms with E-state index in [1.54, 1.807) is 12.3 Å². The lowest BCUT2D eigenvalue weighted by Crippen LogP contribution is -2.04. The van der Waals surface area contributed by atoms with Gasteiger partial charge in [0.05, 0.1) is 10.6 Å². The molecule has 0 aliphatic rings. The SMILES string of the molecule is CSc1cc(Cl)c(F)c(-c2ccc(C(F)(F)F)cc2)c1. The van der Waals surface area contributed by atoms with Crippen LogP contribution in [0, 0.1) is 5.82 Å². The molecule has 6 heteroatoms. The second kappa shape index (κ2) is 5.66. The van der Waals surface area contributed by atoms with Crippen molar-refractivity contribution in [1.82, 2.24) is 0 Å². The second-order valence-corrected chi connectivity index (χ2v) is 5.33. The van der Waals surface area contributed by atoms with Gasteiger partial charge in [-0.2, -0.15) is 13.2 Å². The van der Waals surface area contributed by atoms with Crippen molar-refractivity contribution in [3.05, 3.63) is 52.8 Å². The Morgan fingerprint density at radius 1 is 1.05 bits per heavy atom. The molecule has 0 saturated carbocycles. The van der Waals surface area contributed by atoms with Gasteiger partial charge in [-0.05, 0) is 36.1 Å². The van der Waals surface area contributed by atoms with Crippen LogP contribution in [0.25, 0.3) is 11.1 Å². The van der Waals surface area contributed by atoms with Crippen LogP contribution in [0.1, 0.15) is 5.56 Å². The van der Waals surface area contributed by atoms with E-state index in [1.807, 2.05) is 0 Å². The Kier molecular flexibility index (Phi) is 4.30. The third-order valence-corrected chi connectivity index (χ3v) is 3.74. The van der Waals surface area contributed by atoms with Gasteiger partial charge in [0, 0.05) is 10.5 Å². The van der Waals surface area contributed by atoms with E-state index in [4.69, 9.17) is 11.6 Å². The molecular formula is C14H9ClF4S. The minimum atomic E-state index is -4.41. The average molecular weight is 321 g/mol. The Morgan fingerprint density at radius 3 is 2.15 bits per heavy atom. The molecule has 2 aromatic carbocycles. The van der Waals surface area contributed by atoms with Crippen LogP contribution in [-0.4, -0.2) is 6.26 Å². The van der Waals surface area contributed by atoms with Gasteiger partial charge in [-0.15, -0.1) is 11.8 Å². The first-order valence-electron chi connectivity index (χ1n) is 5.53. The van der Waals surface area contributed by atoms with Crippen molar-refractivity contribution in [3.8, 4) is 11.1 Å². The highest BCUT2D eigenvalue weighted by Crippen LogP contribution is 2.35. The van der Waals surface area contributed by atoms with E-state index >= 15 is 0 Å². The summed E-state index contributed by atoms with van der Waals surface area (Å²) >= 11 is 7.16. The minimum Gasteiger partial charge on any atom is -0.205 e. The van der Waals surface area contributed by atoms with Crippen LogP contribution >= 0.6 is 23.4 Å². The van der Waals surface area contributed by atoms with Gasteiger partial charge in [0.15, 0.2) is 0 Å². The first-order chi connectivity index (χ1) is 9.32. The van der Waals surface area contributed by atoms with Gasteiger partial charge in [-0.1, -0.05) is 23.7 Å². The van der Waals surface area contributed by atoms with Crippen molar-refractivity contribution >= 4 is 23.4 Å². The van der Waals surface area contributed by atoms with E-state index < -0.39 is 17.6 Å². The highest BCUT2D eigenvalue weighted by atomic mass is 35.5. The van der Waals surface area contributed by atoms with Crippen molar-refractivity contribution in [2.75, 3.05) is 6.26 Å². The molecule has 0 unspecified atom stereocenters. The van der Waals surface area contributed by atoms with Crippen LogP contribution in [-0.2, 0) is 6.18 Å². The first-order valence-corrected chi connectivity index (χ1v) is 7.14. The first kappa shape index (κ1) is 15.2. The number of halogens is 5. The summed E-state index contributed by atoms with van der Waals surface area (Å²) in [7, 11) is 0. The third kappa shape index (κ3) is 3.10. The van der Waals surface area contributed by atoms with Gasteiger partial charge in [0.25, 0.3) is 0 Å². The standard InChI is InChI=1S/C14H9ClF4S/c1-20-10-6-11(13(16)12(15)7-10)8-2-4-9(5-3-8)14(17,18)19/h2-7H,1H3. The molecule has 2 rings (SSSR count). The summed E-state index contributed by atoms with van der Waals surface area (Å²) in [5.41, 5.74) is -0.224. The Balaban J connectivity index is 2.49. The maximum Gasteiger partial charge on any atom is 0.416 e. The van der Waals surface area contributed by atoms with E-state index in [0.717, 1.165) is 17.0 Å². The van der Waals surface area contributed by atoms with Crippen LogP contribution in [0.3, 0.4) is 0 Å². The molecule has 0 spiro atoms. The van der Waals surface area contributed by atoms with Crippen molar-refractivity contribution in [3.63, 3.8) is 0 Å². The molecule has 0 heterocycles. The zero-order valence-electron chi connectivity index (χ0n) is 10.3. The summed E-state index contributed by atoms with van der Waals surface area (Å²) in [6.07, 6.45) is -2.60. The normalized spacial score (nSPS) is 11.7. The largest absolute Gasteiger partial charge is 0.416 e. The van der Waals surface area contributed by atoms with Crippen LogP contribution in [0.2, 0.25) is 5.02 Å². The highest BCUT2D eigenvalue weighted by Gasteiger charge is 2.30. The maximum absolute atomic E-state index is 14.0. The minimum absolute atomic E-state index is 0.0493. The molecule has 0 fully saturated rings. The Labute approximate surface area is 122 Å². The molecule has 0 aromatic heterocycles. The molecule has 0 nitrogen and oxygen atoms in total. The lowest BCUT2D eigenvalue weighted by molar-refractivity contribution is -0.137. The molecule has 0 atom stereocenters. The number of hydrogen-bond acceptors (Lipinski definition) is 1. The summed E-state index contributed by atoms with van der Waals surface area (Å²) in [5.74, 6) is -0.635. The predicted octanol–water partition coefficient (Wildman–Crippen LogP) is 5.89. The summed E-state index contributed by atoms with van der Waals surface area (Å²) in [4.78, 5) is 0.742. The van der Waals surface area contributed by atoms with E-state index in [0.29, 0.717) is 5.56 Å². The number of rotatable bonds is 2. The van der Waals surface area contributed by atoms with Crippen LogP contribution in [0.5, 0.6) is 0 Å². The molecule has 106 valence electrons. The topological polar surface area (TPSA) is 0 Å². The fraction of sp³-hybridized carbons (Fsp3) is 0.143. The van der Waals surface area contributed by atoms with Crippen molar-refractivity contribution in [2.45, 2.75) is 11.1 Å². The quantitative estimate of drug-likeness (QED) is 0.491. The molecule has 0 saturated heterocycles. The summed E-state index contributed by atoms with van der Waals surface area (Å²) in [6.45, 7) is 0. The Bertz CT molecular complexity index is 620. The lowest BCUT2D eigenvalue weighted by atomic mass is 10.0. The molecule has 0 radical (unpaired) electrons. The molecule has 0 aliphatic carbocycles. The van der Waals surface area contributed by atoms with Gasteiger partial charge in [-0.3, -0.25) is 0 Å². The van der Waals surface area contributed by atoms with E-state index in [1.165, 1.54) is 30.0 Å². The summed E-state index contributed by atoms with van der Waals surface area (Å²) < 4.78 is 51.4. The van der Waals surface area contributed by atoms with Crippen molar-refractivity contribution in [1.29, 1.82) is 0 Å². The molecular weight excluding hydrogens is 312 g/mol. The van der Waals surface area contributed by atoms with Crippen molar-refractivity contribution < 1.29 is 17.6 Å². The highest BCUT2D eigenvalue weighted by molar-refractivity contribution is 7.98. The van der Waals surface area contributed by atoms with Gasteiger partial charge < -0.3 is 0 Å². The fourth-order valence-electron chi connectivity index (χ4n) is 1.73. The van der Waals surface area contributed by atoms with Crippen molar-refractivity contribution in [2.24, 2.45) is 0 Å².